The molecule has 2 aromatic rings. The Hall–Kier alpha value is -2.80. The predicted molar refractivity (Wildman–Crippen MR) is 92.1 cm³/mol. The normalized spacial score (nSPS) is 13.3. The van der Waals surface area contributed by atoms with Crippen molar-refractivity contribution in [1.29, 1.82) is 5.26 Å². The number of benzene rings is 2. The van der Waals surface area contributed by atoms with Gasteiger partial charge in [-0.1, -0.05) is 24.3 Å². The summed E-state index contributed by atoms with van der Waals surface area (Å²) in [6.45, 7) is 6.76. The van der Waals surface area contributed by atoms with Gasteiger partial charge in [0, 0.05) is 13.1 Å². The van der Waals surface area contributed by atoms with Crippen LogP contribution in [0, 0.1) is 11.3 Å². The first-order valence-corrected chi connectivity index (χ1v) is 7.96. The topological polar surface area (TPSA) is 53.3 Å². The van der Waals surface area contributed by atoms with Crippen molar-refractivity contribution >= 4 is 6.09 Å². The van der Waals surface area contributed by atoms with Crippen LogP contribution in [-0.4, -0.2) is 16.6 Å². The molecule has 1 heterocycles. The fraction of sp³-hybridized carbons (Fsp3) is 0.300. The highest BCUT2D eigenvalue weighted by molar-refractivity contribution is 5.71. The molecule has 2 aromatic carbocycles. The van der Waals surface area contributed by atoms with Gasteiger partial charge in [0.05, 0.1) is 11.6 Å². The molecule has 0 fully saturated rings. The van der Waals surface area contributed by atoms with Crippen LogP contribution < -0.4 is 0 Å². The van der Waals surface area contributed by atoms with Gasteiger partial charge in [0.15, 0.2) is 0 Å². The molecule has 4 heteroatoms. The summed E-state index contributed by atoms with van der Waals surface area (Å²) in [5, 5.41) is 8.89. The highest BCUT2D eigenvalue weighted by Crippen LogP contribution is 2.29. The first-order chi connectivity index (χ1) is 11.4. The van der Waals surface area contributed by atoms with Crippen molar-refractivity contribution in [1.82, 2.24) is 4.90 Å². The van der Waals surface area contributed by atoms with Crippen LogP contribution in [0.1, 0.15) is 37.5 Å². The van der Waals surface area contributed by atoms with Gasteiger partial charge >= 0.3 is 6.09 Å². The van der Waals surface area contributed by atoms with Crippen LogP contribution in [0.2, 0.25) is 0 Å². The molecule has 1 amide bonds. The van der Waals surface area contributed by atoms with Crippen molar-refractivity contribution in [3.8, 4) is 17.2 Å². The number of hydrogen-bond donors (Lipinski definition) is 0. The van der Waals surface area contributed by atoms with Crippen LogP contribution in [0.25, 0.3) is 11.1 Å². The van der Waals surface area contributed by atoms with Crippen LogP contribution in [0.15, 0.2) is 42.5 Å². The smallest absolute Gasteiger partial charge is 0.410 e. The molecule has 1 aliphatic rings. The van der Waals surface area contributed by atoms with Gasteiger partial charge in [-0.05, 0) is 61.2 Å². The standard InChI is InChI=1S/C20H20N2O2/c1-20(2,3)24-19(23)22-12-17-9-8-16(10-18(17)13-22)15-6-4-14(11-21)5-7-15/h4-10H,12-13H2,1-3H3. The van der Waals surface area contributed by atoms with Crippen molar-refractivity contribution in [2.75, 3.05) is 0 Å². The molecule has 0 aliphatic carbocycles. The summed E-state index contributed by atoms with van der Waals surface area (Å²) in [6, 6.07) is 15.9. The predicted octanol–water partition coefficient (Wildman–Crippen LogP) is 4.48. The Morgan fingerprint density at radius 3 is 2.29 bits per heavy atom. The number of nitrogens with zero attached hydrogens (tertiary/aromatic N) is 2. The lowest BCUT2D eigenvalue weighted by Crippen LogP contribution is -2.33. The zero-order chi connectivity index (χ0) is 17.3. The molecule has 0 aromatic heterocycles. The zero-order valence-corrected chi connectivity index (χ0v) is 14.2. The second-order valence-corrected chi connectivity index (χ2v) is 7.01. The lowest BCUT2D eigenvalue weighted by Gasteiger charge is -2.24. The maximum absolute atomic E-state index is 12.2. The first kappa shape index (κ1) is 16.1. The molecule has 0 atom stereocenters. The molecule has 4 nitrogen and oxygen atoms in total. The third-order valence-electron chi connectivity index (χ3n) is 3.93. The van der Waals surface area contributed by atoms with Crippen LogP contribution in [-0.2, 0) is 17.8 Å². The molecular weight excluding hydrogens is 300 g/mol. The number of carbonyl (C=O) groups is 1. The number of carbonyl (C=O) groups excluding carboxylic acids is 1. The molecule has 0 saturated heterocycles. The Morgan fingerprint density at radius 2 is 1.67 bits per heavy atom. The Bertz CT molecular complexity index is 811. The minimum atomic E-state index is -0.487. The SMILES string of the molecule is CC(C)(C)OC(=O)N1Cc2ccc(-c3ccc(C#N)cc3)cc2C1. The number of rotatable bonds is 1. The summed E-state index contributed by atoms with van der Waals surface area (Å²) in [4.78, 5) is 13.9. The van der Waals surface area contributed by atoms with Gasteiger partial charge in [-0.15, -0.1) is 0 Å². The van der Waals surface area contributed by atoms with E-state index in [2.05, 4.69) is 24.3 Å². The van der Waals surface area contributed by atoms with Gasteiger partial charge in [0.25, 0.3) is 0 Å². The van der Waals surface area contributed by atoms with E-state index in [1.165, 1.54) is 0 Å². The molecule has 24 heavy (non-hydrogen) atoms. The highest BCUT2D eigenvalue weighted by atomic mass is 16.6. The molecule has 3 rings (SSSR count). The summed E-state index contributed by atoms with van der Waals surface area (Å²) in [7, 11) is 0. The third kappa shape index (κ3) is 3.41. The van der Waals surface area contributed by atoms with Gasteiger partial charge < -0.3 is 4.74 Å². The summed E-state index contributed by atoms with van der Waals surface area (Å²) in [5.41, 5.74) is 4.60. The Balaban J connectivity index is 1.79. The maximum Gasteiger partial charge on any atom is 0.410 e. The molecule has 0 saturated carbocycles. The lowest BCUT2D eigenvalue weighted by molar-refractivity contribution is 0.0242. The fourth-order valence-electron chi connectivity index (χ4n) is 2.77. The van der Waals surface area contributed by atoms with Crippen molar-refractivity contribution in [3.05, 3.63) is 59.2 Å². The third-order valence-corrected chi connectivity index (χ3v) is 3.93. The number of amides is 1. The van der Waals surface area contributed by atoms with Crippen molar-refractivity contribution in [2.24, 2.45) is 0 Å². The van der Waals surface area contributed by atoms with Gasteiger partial charge in [-0.3, -0.25) is 4.90 Å². The molecule has 0 spiro atoms. The van der Waals surface area contributed by atoms with Gasteiger partial charge in [-0.25, -0.2) is 4.79 Å². The van der Waals surface area contributed by atoms with Crippen LogP contribution in [0.5, 0.6) is 0 Å². The van der Waals surface area contributed by atoms with E-state index >= 15 is 0 Å². The Labute approximate surface area is 142 Å². The lowest BCUT2D eigenvalue weighted by atomic mass is 10.00. The summed E-state index contributed by atoms with van der Waals surface area (Å²) >= 11 is 0. The summed E-state index contributed by atoms with van der Waals surface area (Å²) < 4.78 is 5.45. The Morgan fingerprint density at radius 1 is 1.04 bits per heavy atom. The van der Waals surface area contributed by atoms with Gasteiger partial charge in [0.1, 0.15) is 5.60 Å². The van der Waals surface area contributed by atoms with E-state index in [1.54, 1.807) is 4.90 Å². The zero-order valence-electron chi connectivity index (χ0n) is 14.2. The number of ether oxygens (including phenoxy) is 1. The monoisotopic (exact) mass is 320 g/mol. The average Bonchev–Trinajstić information content (AvgIpc) is 2.96. The molecule has 122 valence electrons. The van der Waals surface area contributed by atoms with E-state index in [4.69, 9.17) is 10.00 Å². The van der Waals surface area contributed by atoms with Crippen molar-refractivity contribution in [2.45, 2.75) is 39.5 Å². The number of hydrogen-bond acceptors (Lipinski definition) is 3. The van der Waals surface area contributed by atoms with E-state index in [9.17, 15) is 4.79 Å². The van der Waals surface area contributed by atoms with Gasteiger partial charge in [-0.2, -0.15) is 5.26 Å². The fourth-order valence-corrected chi connectivity index (χ4v) is 2.77. The van der Waals surface area contributed by atoms with Crippen molar-refractivity contribution in [3.63, 3.8) is 0 Å². The number of fused-ring (bicyclic) bond motifs is 1. The van der Waals surface area contributed by atoms with E-state index in [1.807, 2.05) is 45.0 Å². The van der Waals surface area contributed by atoms with Crippen molar-refractivity contribution < 1.29 is 9.53 Å². The summed E-state index contributed by atoms with van der Waals surface area (Å²) in [5.74, 6) is 0. The molecule has 1 aliphatic heterocycles. The molecule has 0 radical (unpaired) electrons. The minimum absolute atomic E-state index is 0.279. The summed E-state index contributed by atoms with van der Waals surface area (Å²) in [6.07, 6.45) is -0.279. The Kier molecular flexibility index (Phi) is 4.02. The second kappa shape index (κ2) is 6.01. The van der Waals surface area contributed by atoms with Crippen LogP contribution in [0.3, 0.4) is 0 Å². The van der Waals surface area contributed by atoms with E-state index in [0.29, 0.717) is 18.7 Å². The van der Waals surface area contributed by atoms with Crippen LogP contribution in [0.4, 0.5) is 4.79 Å². The molecule has 0 bridgehead atoms. The molecule has 0 N–H and O–H groups in total. The van der Waals surface area contributed by atoms with E-state index < -0.39 is 5.60 Å². The average molecular weight is 320 g/mol. The second-order valence-electron chi connectivity index (χ2n) is 7.01. The quantitative estimate of drug-likeness (QED) is 0.778. The first-order valence-electron chi connectivity index (χ1n) is 7.96. The van der Waals surface area contributed by atoms with E-state index in [0.717, 1.165) is 22.3 Å². The maximum atomic E-state index is 12.2. The molecule has 0 unspecified atom stereocenters. The van der Waals surface area contributed by atoms with Gasteiger partial charge in [0.2, 0.25) is 0 Å². The molecular formula is C20H20N2O2. The highest BCUT2D eigenvalue weighted by Gasteiger charge is 2.27. The minimum Gasteiger partial charge on any atom is -0.444 e. The van der Waals surface area contributed by atoms with E-state index in [-0.39, 0.29) is 6.09 Å². The number of nitriles is 1. The largest absolute Gasteiger partial charge is 0.444 e. The van der Waals surface area contributed by atoms with Crippen LogP contribution >= 0.6 is 0 Å².